The van der Waals surface area contributed by atoms with Gasteiger partial charge < -0.3 is 9.30 Å². The second kappa shape index (κ2) is 4.87. The van der Waals surface area contributed by atoms with Crippen molar-refractivity contribution >= 4 is 5.97 Å². The summed E-state index contributed by atoms with van der Waals surface area (Å²) in [5.41, 5.74) is 2.24. The maximum atomic E-state index is 11.6. The third kappa shape index (κ3) is 2.07. The molecule has 2 atom stereocenters. The van der Waals surface area contributed by atoms with E-state index in [2.05, 4.69) is 28.7 Å². The number of aromatic nitrogens is 2. The fraction of sp³-hybridized carbons (Fsp3) is 0.667. The van der Waals surface area contributed by atoms with Gasteiger partial charge in [-0.1, -0.05) is 6.92 Å². The van der Waals surface area contributed by atoms with E-state index >= 15 is 0 Å². The SMILES string of the molecule is CCC1N[C@@H](C(=O)OC)Cc2ncn(CC)c21. The molecule has 1 unspecified atom stereocenters. The van der Waals surface area contributed by atoms with Crippen LogP contribution in [0.1, 0.15) is 37.7 Å². The van der Waals surface area contributed by atoms with Crippen LogP contribution in [0.4, 0.5) is 0 Å². The molecular weight excluding hydrogens is 218 g/mol. The lowest BCUT2D eigenvalue weighted by Gasteiger charge is -2.29. The van der Waals surface area contributed by atoms with Crippen molar-refractivity contribution in [2.45, 2.75) is 45.3 Å². The van der Waals surface area contributed by atoms with Crippen molar-refractivity contribution in [2.24, 2.45) is 0 Å². The molecule has 0 bridgehead atoms. The molecule has 0 fully saturated rings. The number of ether oxygens (including phenoxy) is 1. The number of carbonyl (C=O) groups excluding carboxylic acids is 1. The molecule has 0 saturated carbocycles. The van der Waals surface area contributed by atoms with Crippen molar-refractivity contribution in [1.82, 2.24) is 14.9 Å². The first-order valence-electron chi connectivity index (χ1n) is 6.09. The van der Waals surface area contributed by atoms with Crippen LogP contribution in [0.25, 0.3) is 0 Å². The van der Waals surface area contributed by atoms with Gasteiger partial charge in [0.2, 0.25) is 0 Å². The van der Waals surface area contributed by atoms with Gasteiger partial charge in [-0.05, 0) is 13.3 Å². The topological polar surface area (TPSA) is 56.1 Å². The van der Waals surface area contributed by atoms with Gasteiger partial charge in [-0.3, -0.25) is 10.1 Å². The van der Waals surface area contributed by atoms with Crippen LogP contribution < -0.4 is 5.32 Å². The van der Waals surface area contributed by atoms with Crippen LogP contribution in [0, 0.1) is 0 Å². The molecule has 5 heteroatoms. The van der Waals surface area contributed by atoms with E-state index in [0.29, 0.717) is 6.42 Å². The van der Waals surface area contributed by atoms with Crippen molar-refractivity contribution in [3.63, 3.8) is 0 Å². The first-order chi connectivity index (χ1) is 8.21. The van der Waals surface area contributed by atoms with Crippen LogP contribution in [0.2, 0.25) is 0 Å². The Hall–Kier alpha value is -1.36. The maximum Gasteiger partial charge on any atom is 0.323 e. The number of hydrogen-bond donors (Lipinski definition) is 1. The van der Waals surface area contributed by atoms with Gasteiger partial charge in [0.05, 0.1) is 24.8 Å². The highest BCUT2D eigenvalue weighted by Crippen LogP contribution is 2.27. The fourth-order valence-corrected chi connectivity index (χ4v) is 2.42. The predicted molar refractivity (Wildman–Crippen MR) is 63.6 cm³/mol. The highest BCUT2D eigenvalue weighted by molar-refractivity contribution is 5.76. The summed E-state index contributed by atoms with van der Waals surface area (Å²) in [6.45, 7) is 5.11. The standard InChI is InChI=1S/C12H19N3O2/c1-4-8-11-9(13-7-15(11)5-2)6-10(14-8)12(16)17-3/h7-8,10,14H,4-6H2,1-3H3/t8?,10-/m1/s1. The predicted octanol–water partition coefficient (Wildman–Crippen LogP) is 1.04. The van der Waals surface area contributed by atoms with Crippen molar-refractivity contribution < 1.29 is 9.53 Å². The quantitative estimate of drug-likeness (QED) is 0.798. The average molecular weight is 237 g/mol. The average Bonchev–Trinajstić information content (AvgIpc) is 2.79. The van der Waals surface area contributed by atoms with Crippen molar-refractivity contribution in [2.75, 3.05) is 7.11 Å². The molecule has 1 aromatic heterocycles. The zero-order chi connectivity index (χ0) is 12.4. The molecule has 0 spiro atoms. The summed E-state index contributed by atoms with van der Waals surface area (Å²) < 4.78 is 6.94. The number of aryl methyl sites for hydroxylation is 1. The zero-order valence-electron chi connectivity index (χ0n) is 10.6. The van der Waals surface area contributed by atoms with E-state index in [1.54, 1.807) is 0 Å². The lowest BCUT2D eigenvalue weighted by Crippen LogP contribution is -2.45. The summed E-state index contributed by atoms with van der Waals surface area (Å²) in [5, 5.41) is 3.34. The van der Waals surface area contributed by atoms with Crippen LogP contribution in [-0.4, -0.2) is 28.7 Å². The molecule has 0 amide bonds. The smallest absolute Gasteiger partial charge is 0.323 e. The Morgan fingerprint density at radius 1 is 1.65 bits per heavy atom. The Kier molecular flexibility index (Phi) is 3.47. The normalized spacial score (nSPS) is 23.2. The summed E-state index contributed by atoms with van der Waals surface area (Å²) in [7, 11) is 1.42. The highest BCUT2D eigenvalue weighted by atomic mass is 16.5. The molecule has 0 aliphatic carbocycles. The lowest BCUT2D eigenvalue weighted by molar-refractivity contribution is -0.143. The van der Waals surface area contributed by atoms with Crippen LogP contribution in [-0.2, 0) is 22.5 Å². The van der Waals surface area contributed by atoms with E-state index in [0.717, 1.165) is 18.7 Å². The van der Waals surface area contributed by atoms with Crippen LogP contribution in [0.5, 0.6) is 0 Å². The first-order valence-corrected chi connectivity index (χ1v) is 6.09. The number of methoxy groups -OCH3 is 1. The van der Waals surface area contributed by atoms with E-state index < -0.39 is 0 Å². The van der Waals surface area contributed by atoms with Gasteiger partial charge in [0.25, 0.3) is 0 Å². The number of carbonyl (C=O) groups is 1. The monoisotopic (exact) mass is 237 g/mol. The fourth-order valence-electron chi connectivity index (χ4n) is 2.42. The largest absolute Gasteiger partial charge is 0.468 e. The third-order valence-corrected chi connectivity index (χ3v) is 3.32. The summed E-state index contributed by atoms with van der Waals surface area (Å²) in [4.78, 5) is 16.0. The Morgan fingerprint density at radius 2 is 2.41 bits per heavy atom. The molecule has 1 aromatic rings. The molecule has 0 saturated heterocycles. The van der Waals surface area contributed by atoms with E-state index in [1.165, 1.54) is 12.8 Å². The van der Waals surface area contributed by atoms with Gasteiger partial charge in [0.1, 0.15) is 6.04 Å². The second-order valence-electron chi connectivity index (χ2n) is 4.27. The van der Waals surface area contributed by atoms with Crippen LogP contribution in [0.15, 0.2) is 6.33 Å². The molecule has 2 heterocycles. The Morgan fingerprint density at radius 3 is 3.00 bits per heavy atom. The van der Waals surface area contributed by atoms with Crippen LogP contribution >= 0.6 is 0 Å². The van der Waals surface area contributed by atoms with Gasteiger partial charge in [0.15, 0.2) is 0 Å². The number of imidazole rings is 1. The van der Waals surface area contributed by atoms with Crippen molar-refractivity contribution in [3.05, 3.63) is 17.7 Å². The minimum absolute atomic E-state index is 0.185. The van der Waals surface area contributed by atoms with Gasteiger partial charge in [0, 0.05) is 19.0 Å². The molecule has 2 rings (SSSR count). The molecule has 5 nitrogen and oxygen atoms in total. The van der Waals surface area contributed by atoms with Gasteiger partial charge >= 0.3 is 5.97 Å². The number of nitrogens with one attached hydrogen (secondary N) is 1. The van der Waals surface area contributed by atoms with E-state index in [-0.39, 0.29) is 18.1 Å². The molecular formula is C12H19N3O2. The Labute approximate surface area is 101 Å². The summed E-state index contributed by atoms with van der Waals surface area (Å²) in [5.74, 6) is -0.208. The third-order valence-electron chi connectivity index (χ3n) is 3.32. The number of nitrogens with zero attached hydrogens (tertiary/aromatic N) is 2. The highest BCUT2D eigenvalue weighted by Gasteiger charge is 2.33. The molecule has 94 valence electrons. The van der Waals surface area contributed by atoms with Gasteiger partial charge in [-0.15, -0.1) is 0 Å². The number of rotatable bonds is 3. The zero-order valence-corrected chi connectivity index (χ0v) is 10.6. The minimum Gasteiger partial charge on any atom is -0.468 e. The summed E-state index contributed by atoms with van der Waals surface area (Å²) in [6.07, 6.45) is 3.41. The molecule has 1 N–H and O–H groups in total. The Bertz CT molecular complexity index is 414. The van der Waals surface area contributed by atoms with Crippen LogP contribution in [0.3, 0.4) is 0 Å². The number of hydrogen-bond acceptors (Lipinski definition) is 4. The molecule has 1 aliphatic rings. The summed E-state index contributed by atoms with van der Waals surface area (Å²) in [6, 6.07) is -0.0806. The molecule has 1 aliphatic heterocycles. The second-order valence-corrected chi connectivity index (χ2v) is 4.27. The summed E-state index contributed by atoms with van der Waals surface area (Å²) >= 11 is 0. The molecule has 17 heavy (non-hydrogen) atoms. The lowest BCUT2D eigenvalue weighted by atomic mass is 9.97. The van der Waals surface area contributed by atoms with Gasteiger partial charge in [-0.25, -0.2) is 4.98 Å². The maximum absolute atomic E-state index is 11.6. The molecule has 0 radical (unpaired) electrons. The number of esters is 1. The van der Waals surface area contributed by atoms with E-state index in [4.69, 9.17) is 4.74 Å². The molecule has 0 aromatic carbocycles. The number of fused-ring (bicyclic) bond motifs is 1. The van der Waals surface area contributed by atoms with Crippen molar-refractivity contribution in [3.8, 4) is 0 Å². The van der Waals surface area contributed by atoms with E-state index in [1.807, 2.05) is 6.33 Å². The van der Waals surface area contributed by atoms with Gasteiger partial charge in [-0.2, -0.15) is 0 Å². The minimum atomic E-state index is -0.266. The van der Waals surface area contributed by atoms with Crippen molar-refractivity contribution in [1.29, 1.82) is 0 Å². The van der Waals surface area contributed by atoms with E-state index in [9.17, 15) is 4.79 Å². The Balaban J connectivity index is 2.30. The first kappa shape index (κ1) is 12.1.